The van der Waals surface area contributed by atoms with Crippen molar-refractivity contribution in [2.45, 2.75) is 18.9 Å². The molecule has 16 heavy (non-hydrogen) atoms. The van der Waals surface area contributed by atoms with Gasteiger partial charge in [0.25, 0.3) is 0 Å². The van der Waals surface area contributed by atoms with Crippen LogP contribution in [0, 0.1) is 17.6 Å². The number of benzene rings is 1. The third kappa shape index (κ3) is 2.23. The van der Waals surface area contributed by atoms with Crippen LogP contribution in [-0.2, 0) is 4.74 Å². The molecule has 0 unspecified atom stereocenters. The van der Waals surface area contributed by atoms with Gasteiger partial charge in [0.05, 0.1) is 0 Å². The van der Waals surface area contributed by atoms with E-state index in [-0.39, 0.29) is 11.5 Å². The van der Waals surface area contributed by atoms with Crippen molar-refractivity contribution in [1.82, 2.24) is 0 Å². The Balaban J connectivity index is 2.22. The van der Waals surface area contributed by atoms with Crippen LogP contribution in [0.1, 0.15) is 24.4 Å². The lowest BCUT2D eigenvalue weighted by molar-refractivity contribution is 0.0576. The molecule has 1 fully saturated rings. The molecule has 2 N–H and O–H groups in total. The van der Waals surface area contributed by atoms with Crippen molar-refractivity contribution in [1.29, 1.82) is 0 Å². The molecule has 88 valence electrons. The molecule has 1 saturated heterocycles. The highest BCUT2D eigenvalue weighted by Crippen LogP contribution is 2.30. The second kappa shape index (κ2) is 4.89. The fourth-order valence-corrected chi connectivity index (χ4v) is 2.14. The van der Waals surface area contributed by atoms with Crippen molar-refractivity contribution in [3.63, 3.8) is 0 Å². The fraction of sp³-hybridized carbons (Fsp3) is 0.500. The van der Waals surface area contributed by atoms with Crippen molar-refractivity contribution >= 4 is 0 Å². The van der Waals surface area contributed by atoms with E-state index in [0.717, 1.165) is 12.8 Å². The molecule has 0 radical (unpaired) electrons. The van der Waals surface area contributed by atoms with Crippen LogP contribution in [-0.4, -0.2) is 13.2 Å². The Morgan fingerprint density at radius 3 is 2.31 bits per heavy atom. The lowest BCUT2D eigenvalue weighted by Crippen LogP contribution is -2.28. The lowest BCUT2D eigenvalue weighted by Gasteiger charge is -2.28. The third-order valence-corrected chi connectivity index (χ3v) is 3.11. The number of hydrogen-bond donors (Lipinski definition) is 1. The van der Waals surface area contributed by atoms with Gasteiger partial charge in [-0.05, 0) is 30.9 Å². The molecule has 2 nitrogen and oxygen atoms in total. The van der Waals surface area contributed by atoms with Crippen molar-refractivity contribution in [3.8, 4) is 0 Å². The predicted octanol–water partition coefficient (Wildman–Crippen LogP) is 2.39. The van der Waals surface area contributed by atoms with E-state index >= 15 is 0 Å². The highest BCUT2D eigenvalue weighted by atomic mass is 19.1. The van der Waals surface area contributed by atoms with Crippen molar-refractivity contribution in [3.05, 3.63) is 35.4 Å². The first-order valence-corrected chi connectivity index (χ1v) is 5.47. The van der Waals surface area contributed by atoms with Crippen LogP contribution >= 0.6 is 0 Å². The van der Waals surface area contributed by atoms with E-state index in [1.807, 2.05) is 0 Å². The van der Waals surface area contributed by atoms with E-state index in [2.05, 4.69) is 0 Å². The summed E-state index contributed by atoms with van der Waals surface area (Å²) in [5.41, 5.74) is 5.94. The van der Waals surface area contributed by atoms with Crippen LogP contribution in [0.2, 0.25) is 0 Å². The van der Waals surface area contributed by atoms with Crippen LogP contribution < -0.4 is 5.73 Å². The summed E-state index contributed by atoms with van der Waals surface area (Å²) in [6.45, 7) is 1.24. The van der Waals surface area contributed by atoms with Crippen LogP contribution in [0.25, 0.3) is 0 Å². The van der Waals surface area contributed by atoms with Gasteiger partial charge in [-0.3, -0.25) is 0 Å². The first-order valence-electron chi connectivity index (χ1n) is 5.47. The minimum atomic E-state index is -0.579. The largest absolute Gasteiger partial charge is 0.381 e. The second-order valence-corrected chi connectivity index (χ2v) is 4.11. The number of ether oxygens (including phenoxy) is 1. The fourth-order valence-electron chi connectivity index (χ4n) is 2.14. The summed E-state index contributed by atoms with van der Waals surface area (Å²) in [4.78, 5) is 0. The maximum Gasteiger partial charge on any atom is 0.130 e. The maximum atomic E-state index is 13.5. The van der Waals surface area contributed by atoms with Gasteiger partial charge in [0.15, 0.2) is 0 Å². The molecule has 1 aromatic rings. The van der Waals surface area contributed by atoms with Crippen molar-refractivity contribution < 1.29 is 13.5 Å². The van der Waals surface area contributed by atoms with E-state index < -0.39 is 17.7 Å². The number of rotatable bonds is 2. The Morgan fingerprint density at radius 2 is 1.75 bits per heavy atom. The van der Waals surface area contributed by atoms with E-state index in [1.165, 1.54) is 18.2 Å². The summed E-state index contributed by atoms with van der Waals surface area (Å²) in [6.07, 6.45) is 1.52. The highest BCUT2D eigenvalue weighted by molar-refractivity contribution is 5.23. The van der Waals surface area contributed by atoms with Crippen LogP contribution in [0.4, 0.5) is 8.78 Å². The highest BCUT2D eigenvalue weighted by Gasteiger charge is 2.26. The van der Waals surface area contributed by atoms with Crippen LogP contribution in [0.15, 0.2) is 18.2 Å². The Bertz CT molecular complexity index is 344. The third-order valence-electron chi connectivity index (χ3n) is 3.11. The summed E-state index contributed by atoms with van der Waals surface area (Å²) in [6, 6.07) is 3.27. The molecule has 1 aliphatic rings. The van der Waals surface area contributed by atoms with Gasteiger partial charge in [0.1, 0.15) is 11.6 Å². The summed E-state index contributed by atoms with van der Waals surface area (Å²) >= 11 is 0. The molecule has 2 rings (SSSR count). The van der Waals surface area contributed by atoms with Gasteiger partial charge in [-0.1, -0.05) is 6.07 Å². The SMILES string of the molecule is N[C@@H](c1c(F)cccc1F)C1CCOCC1. The average molecular weight is 227 g/mol. The van der Waals surface area contributed by atoms with E-state index in [1.54, 1.807) is 0 Å². The van der Waals surface area contributed by atoms with E-state index in [0.29, 0.717) is 13.2 Å². The first kappa shape index (κ1) is 11.5. The van der Waals surface area contributed by atoms with Crippen molar-refractivity contribution in [2.24, 2.45) is 11.7 Å². The lowest BCUT2D eigenvalue weighted by atomic mass is 9.87. The van der Waals surface area contributed by atoms with Crippen LogP contribution in [0.3, 0.4) is 0 Å². The average Bonchev–Trinajstić information content (AvgIpc) is 2.30. The monoisotopic (exact) mass is 227 g/mol. The smallest absolute Gasteiger partial charge is 0.130 e. The Hall–Kier alpha value is -1.00. The molecule has 4 heteroatoms. The van der Waals surface area contributed by atoms with Gasteiger partial charge in [-0.2, -0.15) is 0 Å². The standard InChI is InChI=1S/C12H15F2NO/c13-9-2-1-3-10(14)11(9)12(15)8-4-6-16-7-5-8/h1-3,8,12H,4-7,15H2/t12-/m1/s1. The van der Waals surface area contributed by atoms with Gasteiger partial charge in [-0.25, -0.2) is 8.78 Å². The maximum absolute atomic E-state index is 13.5. The van der Waals surface area contributed by atoms with Crippen molar-refractivity contribution in [2.75, 3.05) is 13.2 Å². The van der Waals surface area contributed by atoms with Gasteiger partial charge >= 0.3 is 0 Å². The Morgan fingerprint density at radius 1 is 1.19 bits per heavy atom. The topological polar surface area (TPSA) is 35.2 Å². The summed E-state index contributed by atoms with van der Waals surface area (Å²) in [7, 11) is 0. The minimum absolute atomic E-state index is 0.00870. The van der Waals surface area contributed by atoms with E-state index in [4.69, 9.17) is 10.5 Å². The van der Waals surface area contributed by atoms with E-state index in [9.17, 15) is 8.78 Å². The molecular formula is C12H15F2NO. The second-order valence-electron chi connectivity index (χ2n) is 4.11. The molecule has 1 aliphatic heterocycles. The van der Waals surface area contributed by atoms with Crippen LogP contribution in [0.5, 0.6) is 0 Å². The van der Waals surface area contributed by atoms with Gasteiger partial charge in [0, 0.05) is 24.8 Å². The van der Waals surface area contributed by atoms with Gasteiger partial charge < -0.3 is 10.5 Å². The number of nitrogens with two attached hydrogens (primary N) is 1. The van der Waals surface area contributed by atoms with Gasteiger partial charge in [0.2, 0.25) is 0 Å². The predicted molar refractivity (Wildman–Crippen MR) is 56.8 cm³/mol. The minimum Gasteiger partial charge on any atom is -0.381 e. The molecule has 1 aromatic carbocycles. The molecule has 0 aliphatic carbocycles. The zero-order valence-corrected chi connectivity index (χ0v) is 8.96. The summed E-state index contributed by atoms with van der Waals surface area (Å²) < 4.78 is 32.2. The quantitative estimate of drug-likeness (QED) is 0.842. The summed E-state index contributed by atoms with van der Waals surface area (Å²) in [5, 5.41) is 0. The molecule has 1 atom stereocenters. The molecule has 0 bridgehead atoms. The molecule has 0 saturated carbocycles. The molecular weight excluding hydrogens is 212 g/mol. The molecule has 0 aromatic heterocycles. The molecule has 0 spiro atoms. The van der Waals surface area contributed by atoms with Gasteiger partial charge in [-0.15, -0.1) is 0 Å². The number of hydrogen-bond acceptors (Lipinski definition) is 2. The number of halogens is 2. The molecule has 1 heterocycles. The Kier molecular flexibility index (Phi) is 3.51. The zero-order chi connectivity index (χ0) is 11.5. The zero-order valence-electron chi connectivity index (χ0n) is 8.96. The normalized spacial score (nSPS) is 19.7. The summed E-state index contributed by atoms with van der Waals surface area (Å²) in [5.74, 6) is -1.02. The Labute approximate surface area is 93.4 Å². The molecule has 0 amide bonds. The first-order chi connectivity index (χ1) is 7.70.